The van der Waals surface area contributed by atoms with Gasteiger partial charge in [-0.25, -0.2) is 8.91 Å². The maximum absolute atomic E-state index is 15.3. The average Bonchev–Trinajstić information content (AvgIpc) is 3.53. The standard InChI is InChI=1S/C27H32FN9O3/c1-18-24(19-12-22(40-4)25-20(13-29)14-30-36(25)15-19)32-37(31-18)21-7-10-34(11-8-21)26(39)27(28)16-35(17-27)23(38)6-5-9-33(2)3/h5-6,12,14-15,21H,7-11,16-17H2,1-4H3/b6-5+. The molecule has 2 aliphatic heterocycles. The van der Waals surface area contributed by atoms with E-state index in [9.17, 15) is 14.9 Å². The summed E-state index contributed by atoms with van der Waals surface area (Å²) in [6.07, 6.45) is 7.59. The Bertz CT molecular complexity index is 1510. The summed E-state index contributed by atoms with van der Waals surface area (Å²) in [5, 5.41) is 23.0. The summed E-state index contributed by atoms with van der Waals surface area (Å²) >= 11 is 0. The number of hydrogen-bond donors (Lipinski definition) is 0. The predicted octanol–water partition coefficient (Wildman–Crippen LogP) is 1.61. The number of alkyl halides is 1. The van der Waals surface area contributed by atoms with E-state index in [4.69, 9.17) is 9.84 Å². The van der Waals surface area contributed by atoms with Gasteiger partial charge in [-0.3, -0.25) is 9.59 Å². The number of aryl methyl sites for hydroxylation is 1. The molecule has 0 aromatic carbocycles. The maximum Gasteiger partial charge on any atom is 0.264 e. The van der Waals surface area contributed by atoms with Crippen LogP contribution in [0.2, 0.25) is 0 Å². The molecule has 2 amide bonds. The molecule has 12 nitrogen and oxygen atoms in total. The normalized spacial score (nSPS) is 17.4. The van der Waals surface area contributed by atoms with Gasteiger partial charge in [-0.15, -0.1) is 0 Å². The fraction of sp³-hybridized carbons (Fsp3) is 0.481. The van der Waals surface area contributed by atoms with Crippen molar-refractivity contribution in [3.05, 3.63) is 41.9 Å². The van der Waals surface area contributed by atoms with Crippen molar-refractivity contribution in [3.8, 4) is 23.1 Å². The fourth-order valence-corrected chi connectivity index (χ4v) is 5.18. The zero-order chi connectivity index (χ0) is 28.6. The first-order chi connectivity index (χ1) is 19.1. The van der Waals surface area contributed by atoms with Crippen LogP contribution in [0.5, 0.6) is 5.75 Å². The van der Waals surface area contributed by atoms with Gasteiger partial charge in [-0.2, -0.15) is 25.4 Å². The fourth-order valence-electron chi connectivity index (χ4n) is 5.18. The molecule has 40 heavy (non-hydrogen) atoms. The highest BCUT2D eigenvalue weighted by Gasteiger charge is 2.53. The van der Waals surface area contributed by atoms with Crippen molar-refractivity contribution >= 4 is 17.3 Å². The number of ether oxygens (including phenoxy) is 1. The Hall–Kier alpha value is -4.31. The number of methoxy groups -OCH3 is 1. The van der Waals surface area contributed by atoms with E-state index < -0.39 is 11.6 Å². The minimum Gasteiger partial charge on any atom is -0.494 e. The van der Waals surface area contributed by atoms with Gasteiger partial charge in [0.15, 0.2) is 0 Å². The third-order valence-corrected chi connectivity index (χ3v) is 7.38. The molecule has 0 aliphatic carbocycles. The monoisotopic (exact) mass is 549 g/mol. The number of rotatable bonds is 7. The highest BCUT2D eigenvalue weighted by atomic mass is 19.1. The van der Waals surface area contributed by atoms with Crippen LogP contribution in [0, 0.1) is 18.3 Å². The average molecular weight is 550 g/mol. The molecule has 5 heterocycles. The van der Waals surface area contributed by atoms with Crippen molar-refractivity contribution in [2.45, 2.75) is 31.5 Å². The molecule has 0 bridgehead atoms. The number of amides is 2. The lowest BCUT2D eigenvalue weighted by molar-refractivity contribution is -0.162. The van der Waals surface area contributed by atoms with Crippen LogP contribution < -0.4 is 4.74 Å². The summed E-state index contributed by atoms with van der Waals surface area (Å²) in [7, 11) is 5.32. The molecule has 0 spiro atoms. The molecule has 2 saturated heterocycles. The van der Waals surface area contributed by atoms with Crippen molar-refractivity contribution in [3.63, 3.8) is 0 Å². The molecule has 210 valence electrons. The van der Waals surface area contributed by atoms with Crippen molar-refractivity contribution in [2.24, 2.45) is 0 Å². The van der Waals surface area contributed by atoms with Gasteiger partial charge in [0.05, 0.1) is 38.1 Å². The van der Waals surface area contributed by atoms with E-state index in [1.807, 2.05) is 32.0 Å². The molecule has 2 fully saturated rings. The van der Waals surface area contributed by atoms with Crippen LogP contribution >= 0.6 is 0 Å². The molecular formula is C27H32FN9O3. The number of likely N-dealkylation sites (tertiary alicyclic amines) is 2. The predicted molar refractivity (Wildman–Crippen MR) is 143 cm³/mol. The Kier molecular flexibility index (Phi) is 7.29. The highest BCUT2D eigenvalue weighted by molar-refractivity contribution is 5.93. The van der Waals surface area contributed by atoms with Crippen LogP contribution in [-0.4, -0.2) is 111 Å². The molecule has 0 saturated carbocycles. The molecule has 13 heteroatoms. The van der Waals surface area contributed by atoms with Crippen LogP contribution in [0.4, 0.5) is 4.39 Å². The number of hydrogen-bond acceptors (Lipinski definition) is 8. The Labute approximate surface area is 231 Å². The summed E-state index contributed by atoms with van der Waals surface area (Å²) in [6, 6.07) is 3.88. The second-order valence-electron chi connectivity index (χ2n) is 10.6. The Morgan fingerprint density at radius 3 is 2.62 bits per heavy atom. The van der Waals surface area contributed by atoms with E-state index in [1.165, 1.54) is 24.3 Å². The summed E-state index contributed by atoms with van der Waals surface area (Å²) in [5.74, 6) is -0.338. The number of aromatic nitrogens is 5. The third-order valence-electron chi connectivity index (χ3n) is 7.38. The number of piperidine rings is 1. The molecule has 3 aromatic rings. The molecule has 2 aliphatic rings. The molecule has 3 aromatic heterocycles. The number of halogens is 1. The molecule has 5 rings (SSSR count). The number of likely N-dealkylation sites (N-methyl/N-ethyl adjacent to an activating group) is 1. The van der Waals surface area contributed by atoms with Gasteiger partial charge in [-0.1, -0.05) is 6.08 Å². The Morgan fingerprint density at radius 1 is 1.25 bits per heavy atom. The van der Waals surface area contributed by atoms with Gasteiger partial charge in [0.2, 0.25) is 11.6 Å². The first-order valence-corrected chi connectivity index (χ1v) is 13.1. The van der Waals surface area contributed by atoms with E-state index in [-0.39, 0.29) is 25.0 Å². The van der Waals surface area contributed by atoms with Crippen LogP contribution in [0.1, 0.15) is 30.1 Å². The molecule has 0 unspecified atom stereocenters. The SMILES string of the molecule is COc1cc(-c2nn(C3CCN(C(=O)C4(F)CN(C(=O)/C=C/CN(C)C)C4)CC3)nc2C)cn2ncc(C#N)c12. The number of nitrogens with zero attached hydrogens (tertiary/aromatic N) is 9. The van der Waals surface area contributed by atoms with E-state index >= 15 is 4.39 Å². The van der Waals surface area contributed by atoms with Crippen LogP contribution in [0.25, 0.3) is 16.8 Å². The quantitative estimate of drug-likeness (QED) is 0.407. The van der Waals surface area contributed by atoms with Crippen molar-refractivity contribution in [1.29, 1.82) is 5.26 Å². The number of nitriles is 1. The van der Waals surface area contributed by atoms with Gasteiger partial charge in [0.25, 0.3) is 5.91 Å². The Morgan fingerprint density at radius 2 is 1.98 bits per heavy atom. The zero-order valence-electron chi connectivity index (χ0n) is 23.0. The second kappa shape index (κ2) is 10.7. The number of carbonyl (C=O) groups is 2. The number of pyridine rings is 1. The lowest BCUT2D eigenvalue weighted by atomic mass is 9.92. The van der Waals surface area contributed by atoms with Crippen molar-refractivity contribution in [1.82, 2.24) is 39.3 Å². The summed E-state index contributed by atoms with van der Waals surface area (Å²) < 4.78 is 22.4. The van der Waals surface area contributed by atoms with E-state index in [2.05, 4.69) is 16.3 Å². The van der Waals surface area contributed by atoms with E-state index in [0.29, 0.717) is 60.7 Å². The number of carbonyl (C=O) groups excluding carboxylic acids is 2. The van der Waals surface area contributed by atoms with Crippen molar-refractivity contribution in [2.75, 3.05) is 53.9 Å². The first kappa shape index (κ1) is 27.3. The smallest absolute Gasteiger partial charge is 0.264 e. The van der Waals surface area contributed by atoms with E-state index in [0.717, 1.165) is 5.56 Å². The molecule has 0 atom stereocenters. The topological polar surface area (TPSA) is 125 Å². The lowest BCUT2D eigenvalue weighted by Gasteiger charge is -2.45. The number of fused-ring (bicyclic) bond motifs is 1. The highest BCUT2D eigenvalue weighted by Crippen LogP contribution is 2.33. The van der Waals surface area contributed by atoms with Gasteiger partial charge in [0.1, 0.15) is 28.6 Å². The largest absolute Gasteiger partial charge is 0.494 e. The van der Waals surface area contributed by atoms with Gasteiger partial charge < -0.3 is 19.4 Å². The second-order valence-corrected chi connectivity index (χ2v) is 10.6. The zero-order valence-corrected chi connectivity index (χ0v) is 23.0. The first-order valence-electron chi connectivity index (χ1n) is 13.1. The summed E-state index contributed by atoms with van der Waals surface area (Å²) in [6.45, 7) is 2.79. The lowest BCUT2D eigenvalue weighted by Crippen LogP contribution is -2.68. The minimum absolute atomic E-state index is 0.0473. The summed E-state index contributed by atoms with van der Waals surface area (Å²) in [4.78, 5) is 31.7. The molecule has 0 radical (unpaired) electrons. The maximum atomic E-state index is 15.3. The van der Waals surface area contributed by atoms with Crippen molar-refractivity contribution < 1.29 is 18.7 Å². The van der Waals surface area contributed by atoms with Gasteiger partial charge in [-0.05, 0) is 39.9 Å². The third kappa shape index (κ3) is 5.02. The van der Waals surface area contributed by atoms with Gasteiger partial charge in [0, 0.05) is 37.5 Å². The Balaban J connectivity index is 1.22. The van der Waals surface area contributed by atoms with E-state index in [1.54, 1.807) is 26.5 Å². The minimum atomic E-state index is -2.04. The summed E-state index contributed by atoms with van der Waals surface area (Å²) in [5.41, 5.74) is 1.08. The van der Waals surface area contributed by atoms with Gasteiger partial charge >= 0.3 is 0 Å². The molecule has 0 N–H and O–H groups in total. The van der Waals surface area contributed by atoms with Crippen LogP contribution in [0.15, 0.2) is 30.6 Å². The van der Waals surface area contributed by atoms with Crippen LogP contribution in [-0.2, 0) is 9.59 Å². The van der Waals surface area contributed by atoms with Crippen LogP contribution in [0.3, 0.4) is 0 Å². The molecular weight excluding hydrogens is 517 g/mol.